The van der Waals surface area contributed by atoms with E-state index >= 15 is 0 Å². The van der Waals surface area contributed by atoms with Crippen LogP contribution in [0.15, 0.2) is 39.8 Å². The second-order valence-electron chi connectivity index (χ2n) is 6.03. The molecule has 0 aliphatic heterocycles. The van der Waals surface area contributed by atoms with Crippen molar-refractivity contribution >= 4 is 5.96 Å². The fourth-order valence-corrected chi connectivity index (χ4v) is 1.80. The summed E-state index contributed by atoms with van der Waals surface area (Å²) in [7, 11) is 1.73. The van der Waals surface area contributed by atoms with Crippen molar-refractivity contribution in [3.63, 3.8) is 0 Å². The van der Waals surface area contributed by atoms with Gasteiger partial charge in [-0.25, -0.2) is 0 Å². The van der Waals surface area contributed by atoms with Gasteiger partial charge in [0.1, 0.15) is 0 Å². The highest BCUT2D eigenvalue weighted by atomic mass is 16.5. The summed E-state index contributed by atoms with van der Waals surface area (Å²) in [5, 5.41) is 10.4. The van der Waals surface area contributed by atoms with Gasteiger partial charge in [0.2, 0.25) is 5.89 Å². The maximum Gasteiger partial charge on any atom is 0.232 e. The Labute approximate surface area is 131 Å². The number of hydrogen-bond acceptors (Lipinski definition) is 4. The highest BCUT2D eigenvalue weighted by Crippen LogP contribution is 2.19. The van der Waals surface area contributed by atoms with Crippen molar-refractivity contribution in [3.05, 3.63) is 47.6 Å². The Hall–Kier alpha value is -2.37. The molecule has 22 heavy (non-hydrogen) atoms. The zero-order valence-corrected chi connectivity index (χ0v) is 13.6. The van der Waals surface area contributed by atoms with Gasteiger partial charge in [-0.1, -0.05) is 56.3 Å². The van der Waals surface area contributed by atoms with E-state index in [4.69, 9.17) is 4.52 Å². The van der Waals surface area contributed by atoms with Crippen LogP contribution in [0.1, 0.15) is 38.0 Å². The predicted molar refractivity (Wildman–Crippen MR) is 86.5 cm³/mol. The Bertz CT molecular complexity index is 613. The van der Waals surface area contributed by atoms with Crippen LogP contribution in [0.25, 0.3) is 0 Å². The zero-order valence-electron chi connectivity index (χ0n) is 13.6. The monoisotopic (exact) mass is 301 g/mol. The summed E-state index contributed by atoms with van der Waals surface area (Å²) in [5.41, 5.74) is 1.05. The Kier molecular flexibility index (Phi) is 5.14. The van der Waals surface area contributed by atoms with Crippen LogP contribution in [0.5, 0.6) is 0 Å². The minimum Gasteiger partial charge on any atom is -0.352 e. The van der Waals surface area contributed by atoms with E-state index < -0.39 is 0 Å². The minimum absolute atomic E-state index is 0.140. The first-order valence-electron chi connectivity index (χ1n) is 7.30. The van der Waals surface area contributed by atoms with Gasteiger partial charge < -0.3 is 15.2 Å². The molecule has 1 aromatic carbocycles. The maximum atomic E-state index is 5.26. The number of aromatic nitrogens is 2. The van der Waals surface area contributed by atoms with Crippen molar-refractivity contribution in [1.82, 2.24) is 20.8 Å². The van der Waals surface area contributed by atoms with Crippen LogP contribution in [-0.4, -0.2) is 23.1 Å². The average molecular weight is 301 g/mol. The molecule has 1 aromatic heterocycles. The van der Waals surface area contributed by atoms with Gasteiger partial charge in [-0.05, 0) is 5.56 Å². The Balaban J connectivity index is 1.85. The molecule has 0 fully saturated rings. The highest BCUT2D eigenvalue weighted by Gasteiger charge is 2.21. The van der Waals surface area contributed by atoms with Crippen molar-refractivity contribution in [2.45, 2.75) is 39.3 Å². The molecule has 2 rings (SSSR count). The Morgan fingerprint density at radius 2 is 1.82 bits per heavy atom. The van der Waals surface area contributed by atoms with Crippen molar-refractivity contribution in [2.75, 3.05) is 7.05 Å². The van der Waals surface area contributed by atoms with Gasteiger partial charge in [0.15, 0.2) is 11.8 Å². The molecular formula is C16H23N5O. The number of hydrogen-bond donors (Lipinski definition) is 2. The molecule has 0 saturated heterocycles. The lowest BCUT2D eigenvalue weighted by molar-refractivity contribution is 0.318. The highest BCUT2D eigenvalue weighted by molar-refractivity contribution is 5.79. The van der Waals surface area contributed by atoms with E-state index in [0.717, 1.165) is 0 Å². The molecule has 0 aliphatic rings. The molecule has 0 radical (unpaired) electrons. The number of guanidine groups is 1. The third-order valence-electron chi connectivity index (χ3n) is 3.05. The van der Waals surface area contributed by atoms with E-state index in [1.54, 1.807) is 7.05 Å². The zero-order chi connectivity index (χ0) is 16.0. The standard InChI is InChI=1S/C16H23N5O/c1-16(2,3)14-20-13(21-22-14)11-19-15(17-4)18-10-12-8-6-5-7-9-12/h5-9H,10-11H2,1-4H3,(H2,17,18,19). The summed E-state index contributed by atoms with van der Waals surface area (Å²) in [6, 6.07) is 10.2. The fraction of sp³-hybridized carbons (Fsp3) is 0.438. The molecule has 0 atom stereocenters. The van der Waals surface area contributed by atoms with Gasteiger partial charge in [0.05, 0.1) is 6.54 Å². The molecule has 0 aliphatic carbocycles. The van der Waals surface area contributed by atoms with Crippen molar-refractivity contribution in [2.24, 2.45) is 4.99 Å². The van der Waals surface area contributed by atoms with Crippen molar-refractivity contribution in [1.29, 1.82) is 0 Å². The largest absolute Gasteiger partial charge is 0.352 e. The Morgan fingerprint density at radius 1 is 1.14 bits per heavy atom. The normalized spacial score (nSPS) is 12.3. The summed E-state index contributed by atoms with van der Waals surface area (Å²) in [5.74, 6) is 1.95. The van der Waals surface area contributed by atoms with E-state index in [1.165, 1.54) is 5.56 Å². The van der Waals surface area contributed by atoms with Crippen LogP contribution in [0.4, 0.5) is 0 Å². The lowest BCUT2D eigenvalue weighted by Gasteiger charge is -2.11. The minimum atomic E-state index is -0.140. The van der Waals surface area contributed by atoms with E-state index in [1.807, 2.05) is 39.0 Å². The average Bonchev–Trinajstić information content (AvgIpc) is 2.97. The molecule has 0 unspecified atom stereocenters. The van der Waals surface area contributed by atoms with Crippen LogP contribution in [0.2, 0.25) is 0 Å². The number of benzene rings is 1. The molecular weight excluding hydrogens is 278 g/mol. The molecule has 2 aromatic rings. The summed E-state index contributed by atoms with van der Waals surface area (Å²) < 4.78 is 5.26. The van der Waals surface area contributed by atoms with Gasteiger partial charge in [0, 0.05) is 19.0 Å². The first-order chi connectivity index (χ1) is 10.5. The van der Waals surface area contributed by atoms with Crippen molar-refractivity contribution in [3.8, 4) is 0 Å². The first-order valence-corrected chi connectivity index (χ1v) is 7.30. The van der Waals surface area contributed by atoms with Crippen LogP contribution < -0.4 is 10.6 Å². The number of rotatable bonds is 4. The van der Waals surface area contributed by atoms with Crippen LogP contribution in [-0.2, 0) is 18.5 Å². The summed E-state index contributed by atoms with van der Waals surface area (Å²) in [6.45, 7) is 7.29. The number of aliphatic imine (C=N–C) groups is 1. The second-order valence-corrected chi connectivity index (χ2v) is 6.03. The number of nitrogens with one attached hydrogen (secondary N) is 2. The SMILES string of the molecule is CN=C(NCc1ccccc1)NCc1noc(C(C)(C)C)n1. The second kappa shape index (κ2) is 7.06. The molecule has 1 heterocycles. The molecule has 0 saturated carbocycles. The topological polar surface area (TPSA) is 75.3 Å². The van der Waals surface area contributed by atoms with Gasteiger partial charge in [-0.3, -0.25) is 4.99 Å². The van der Waals surface area contributed by atoms with Gasteiger partial charge in [-0.2, -0.15) is 4.98 Å². The van der Waals surface area contributed by atoms with E-state index in [9.17, 15) is 0 Å². The van der Waals surface area contributed by atoms with Gasteiger partial charge in [0.25, 0.3) is 0 Å². The fourth-order valence-electron chi connectivity index (χ4n) is 1.80. The van der Waals surface area contributed by atoms with Crippen LogP contribution in [0.3, 0.4) is 0 Å². The third-order valence-corrected chi connectivity index (χ3v) is 3.05. The maximum absolute atomic E-state index is 5.26. The summed E-state index contributed by atoms with van der Waals surface area (Å²) >= 11 is 0. The molecule has 0 amide bonds. The predicted octanol–water partition coefficient (Wildman–Crippen LogP) is 2.23. The molecule has 118 valence electrons. The van der Waals surface area contributed by atoms with Gasteiger partial charge >= 0.3 is 0 Å². The summed E-state index contributed by atoms with van der Waals surface area (Å²) in [6.07, 6.45) is 0. The molecule has 0 spiro atoms. The molecule has 2 N–H and O–H groups in total. The van der Waals surface area contributed by atoms with E-state index in [0.29, 0.717) is 30.8 Å². The molecule has 6 nitrogen and oxygen atoms in total. The van der Waals surface area contributed by atoms with Gasteiger partial charge in [-0.15, -0.1) is 0 Å². The first kappa shape index (κ1) is 16.0. The number of nitrogens with zero attached hydrogens (tertiary/aromatic N) is 3. The summed E-state index contributed by atoms with van der Waals surface area (Å²) in [4.78, 5) is 8.56. The van der Waals surface area contributed by atoms with E-state index in [-0.39, 0.29) is 5.41 Å². The lowest BCUT2D eigenvalue weighted by Crippen LogP contribution is -2.36. The van der Waals surface area contributed by atoms with Crippen molar-refractivity contribution < 1.29 is 4.52 Å². The van der Waals surface area contributed by atoms with Crippen LogP contribution in [0, 0.1) is 0 Å². The van der Waals surface area contributed by atoms with Crippen LogP contribution >= 0.6 is 0 Å². The quantitative estimate of drug-likeness (QED) is 0.669. The molecule has 6 heteroatoms. The smallest absolute Gasteiger partial charge is 0.232 e. The Morgan fingerprint density at radius 3 is 2.41 bits per heavy atom. The lowest BCUT2D eigenvalue weighted by atomic mass is 9.97. The third kappa shape index (κ3) is 4.58. The van der Waals surface area contributed by atoms with E-state index in [2.05, 4.69) is 37.9 Å². The molecule has 0 bridgehead atoms.